The molecular formula is C18H26BrNO. The number of morpholine rings is 1. The van der Waals surface area contributed by atoms with E-state index in [1.807, 2.05) is 0 Å². The first-order valence-corrected chi connectivity index (χ1v) is 9.08. The molecule has 116 valence electrons. The first kappa shape index (κ1) is 15.5. The molecule has 21 heavy (non-hydrogen) atoms. The zero-order valence-electron chi connectivity index (χ0n) is 13.1. The minimum atomic E-state index is 0.0607. The molecule has 0 amide bonds. The highest BCUT2D eigenvalue weighted by atomic mass is 79.9. The van der Waals surface area contributed by atoms with Crippen LogP contribution in [0.2, 0.25) is 0 Å². The predicted molar refractivity (Wildman–Crippen MR) is 90.4 cm³/mol. The predicted octanol–water partition coefficient (Wildman–Crippen LogP) is 4.84. The molecule has 2 atom stereocenters. The summed E-state index contributed by atoms with van der Waals surface area (Å²) >= 11 is 3.58. The van der Waals surface area contributed by atoms with Crippen LogP contribution in [-0.2, 0) is 4.74 Å². The first-order valence-electron chi connectivity index (χ1n) is 8.28. The van der Waals surface area contributed by atoms with E-state index in [-0.39, 0.29) is 11.7 Å². The van der Waals surface area contributed by atoms with Crippen molar-refractivity contribution in [1.29, 1.82) is 0 Å². The van der Waals surface area contributed by atoms with E-state index in [0.717, 1.165) is 16.9 Å². The molecule has 0 aromatic heterocycles. The average molecular weight is 352 g/mol. The Balaban J connectivity index is 1.76. The summed E-state index contributed by atoms with van der Waals surface area (Å²) in [5.74, 6) is 0.905. The zero-order valence-corrected chi connectivity index (χ0v) is 14.7. The minimum Gasteiger partial charge on any atom is -0.364 e. The lowest BCUT2D eigenvalue weighted by Gasteiger charge is -2.48. The molecule has 3 heteroatoms. The molecule has 2 aliphatic rings. The largest absolute Gasteiger partial charge is 0.364 e. The maximum atomic E-state index is 6.68. The highest BCUT2D eigenvalue weighted by Gasteiger charge is 2.42. The van der Waals surface area contributed by atoms with Crippen LogP contribution in [0, 0.1) is 5.92 Å². The Hall–Kier alpha value is -0.380. The number of nitrogens with one attached hydrogen (secondary N) is 1. The summed E-state index contributed by atoms with van der Waals surface area (Å²) in [5, 5.41) is 3.70. The van der Waals surface area contributed by atoms with Gasteiger partial charge < -0.3 is 10.1 Å². The lowest BCUT2D eigenvalue weighted by atomic mass is 9.76. The second-order valence-corrected chi connectivity index (χ2v) is 7.71. The van der Waals surface area contributed by atoms with E-state index in [9.17, 15) is 0 Å². The third-order valence-corrected chi connectivity index (χ3v) is 5.84. The number of hydrogen-bond acceptors (Lipinski definition) is 2. The SMILES string of the molecule is CCC1CCC2(CC1)CNC(C)C(c1cccc(Br)c1)O2. The van der Waals surface area contributed by atoms with Crippen LogP contribution >= 0.6 is 15.9 Å². The van der Waals surface area contributed by atoms with Gasteiger partial charge in [-0.3, -0.25) is 0 Å². The normalized spacial score (nSPS) is 36.8. The Labute approximate surface area is 136 Å². The number of benzene rings is 1. The summed E-state index contributed by atoms with van der Waals surface area (Å²) in [6, 6.07) is 8.93. The molecule has 1 aromatic carbocycles. The number of halogens is 1. The van der Waals surface area contributed by atoms with Gasteiger partial charge >= 0.3 is 0 Å². The van der Waals surface area contributed by atoms with Crippen LogP contribution in [-0.4, -0.2) is 18.2 Å². The van der Waals surface area contributed by atoms with E-state index in [1.165, 1.54) is 37.7 Å². The van der Waals surface area contributed by atoms with E-state index in [4.69, 9.17) is 4.74 Å². The topological polar surface area (TPSA) is 21.3 Å². The fraction of sp³-hybridized carbons (Fsp3) is 0.667. The van der Waals surface area contributed by atoms with Crippen molar-refractivity contribution in [3.63, 3.8) is 0 Å². The number of hydrogen-bond donors (Lipinski definition) is 1. The first-order chi connectivity index (χ1) is 10.1. The van der Waals surface area contributed by atoms with Crippen molar-refractivity contribution in [2.75, 3.05) is 6.54 Å². The molecule has 1 saturated carbocycles. The molecule has 0 radical (unpaired) electrons. The van der Waals surface area contributed by atoms with Gasteiger partial charge in [-0.2, -0.15) is 0 Å². The molecule has 3 rings (SSSR count). The fourth-order valence-corrected chi connectivity index (χ4v) is 4.23. The molecule has 2 unspecified atom stereocenters. The second-order valence-electron chi connectivity index (χ2n) is 6.80. The summed E-state index contributed by atoms with van der Waals surface area (Å²) in [7, 11) is 0. The van der Waals surface area contributed by atoms with Crippen LogP contribution < -0.4 is 5.32 Å². The zero-order chi connectivity index (χ0) is 14.9. The third kappa shape index (κ3) is 3.35. The molecule has 1 heterocycles. The van der Waals surface area contributed by atoms with Gasteiger partial charge in [0.25, 0.3) is 0 Å². The summed E-state index contributed by atoms with van der Waals surface area (Å²) in [4.78, 5) is 0. The van der Waals surface area contributed by atoms with E-state index in [2.05, 4.69) is 59.4 Å². The molecule has 1 aromatic rings. The highest BCUT2D eigenvalue weighted by Crippen LogP contribution is 2.42. The Kier molecular flexibility index (Phi) is 4.72. The molecule has 0 bridgehead atoms. The van der Waals surface area contributed by atoms with Crippen LogP contribution in [0.5, 0.6) is 0 Å². The molecule has 1 N–H and O–H groups in total. The molecule has 1 aliphatic carbocycles. The smallest absolute Gasteiger partial charge is 0.0983 e. The minimum absolute atomic E-state index is 0.0607. The average Bonchev–Trinajstić information content (AvgIpc) is 2.51. The Morgan fingerprint density at radius 3 is 2.76 bits per heavy atom. The van der Waals surface area contributed by atoms with Crippen LogP contribution in [0.15, 0.2) is 28.7 Å². The summed E-state index contributed by atoms with van der Waals surface area (Å²) in [6.45, 7) is 5.56. The van der Waals surface area contributed by atoms with Gasteiger partial charge in [-0.15, -0.1) is 0 Å². The van der Waals surface area contributed by atoms with Crippen molar-refractivity contribution in [3.8, 4) is 0 Å². The van der Waals surface area contributed by atoms with Gasteiger partial charge in [-0.25, -0.2) is 0 Å². The van der Waals surface area contributed by atoms with Gasteiger partial charge in [0.1, 0.15) is 0 Å². The van der Waals surface area contributed by atoms with Gasteiger partial charge in [0.15, 0.2) is 0 Å². The highest BCUT2D eigenvalue weighted by molar-refractivity contribution is 9.10. The number of rotatable bonds is 2. The maximum absolute atomic E-state index is 6.68. The van der Waals surface area contributed by atoms with E-state index in [0.29, 0.717) is 6.04 Å². The van der Waals surface area contributed by atoms with Crippen LogP contribution in [0.1, 0.15) is 57.6 Å². The van der Waals surface area contributed by atoms with Crippen molar-refractivity contribution >= 4 is 15.9 Å². The van der Waals surface area contributed by atoms with Crippen LogP contribution in [0.4, 0.5) is 0 Å². The quantitative estimate of drug-likeness (QED) is 0.823. The van der Waals surface area contributed by atoms with Gasteiger partial charge in [0.2, 0.25) is 0 Å². The molecule has 1 saturated heterocycles. The molecular weight excluding hydrogens is 326 g/mol. The number of ether oxygens (including phenoxy) is 1. The fourth-order valence-electron chi connectivity index (χ4n) is 3.81. The van der Waals surface area contributed by atoms with Crippen molar-refractivity contribution in [2.24, 2.45) is 5.92 Å². The standard InChI is InChI=1S/C18H26BrNO/c1-3-14-7-9-18(10-8-14)12-20-13(2)17(21-18)15-5-4-6-16(19)11-15/h4-6,11,13-14,17,20H,3,7-10,12H2,1-2H3. The van der Waals surface area contributed by atoms with E-state index < -0.39 is 0 Å². The lowest BCUT2D eigenvalue weighted by Crippen LogP contribution is -2.56. The van der Waals surface area contributed by atoms with Gasteiger partial charge in [-0.1, -0.05) is 41.4 Å². The Bertz CT molecular complexity index is 482. The monoisotopic (exact) mass is 351 g/mol. The molecule has 1 spiro atoms. The molecule has 2 nitrogen and oxygen atoms in total. The lowest BCUT2D eigenvalue weighted by molar-refractivity contribution is -0.156. The van der Waals surface area contributed by atoms with E-state index in [1.54, 1.807) is 0 Å². The van der Waals surface area contributed by atoms with Crippen LogP contribution in [0.25, 0.3) is 0 Å². The Morgan fingerprint density at radius 1 is 1.33 bits per heavy atom. The Morgan fingerprint density at radius 2 is 2.10 bits per heavy atom. The van der Waals surface area contributed by atoms with Crippen LogP contribution in [0.3, 0.4) is 0 Å². The second kappa shape index (κ2) is 6.39. The third-order valence-electron chi connectivity index (χ3n) is 5.35. The molecule has 2 fully saturated rings. The van der Waals surface area contributed by atoms with Gasteiger partial charge in [0.05, 0.1) is 11.7 Å². The van der Waals surface area contributed by atoms with Crippen molar-refractivity contribution in [3.05, 3.63) is 34.3 Å². The summed E-state index contributed by atoms with van der Waals surface area (Å²) in [5.41, 5.74) is 1.34. The van der Waals surface area contributed by atoms with Gasteiger partial charge in [-0.05, 0) is 56.2 Å². The van der Waals surface area contributed by atoms with Gasteiger partial charge in [0, 0.05) is 17.1 Å². The van der Waals surface area contributed by atoms with Crippen molar-refractivity contribution in [2.45, 2.75) is 63.7 Å². The summed E-state index contributed by atoms with van der Waals surface area (Å²) < 4.78 is 7.81. The maximum Gasteiger partial charge on any atom is 0.0983 e. The molecule has 1 aliphatic heterocycles. The van der Waals surface area contributed by atoms with Crippen molar-refractivity contribution in [1.82, 2.24) is 5.32 Å². The van der Waals surface area contributed by atoms with Crippen molar-refractivity contribution < 1.29 is 4.74 Å². The summed E-state index contributed by atoms with van der Waals surface area (Å²) in [6.07, 6.45) is 6.52. The van der Waals surface area contributed by atoms with E-state index >= 15 is 0 Å².